The molecule has 0 bridgehead atoms. The van der Waals surface area contributed by atoms with Crippen LogP contribution in [0.25, 0.3) is 5.82 Å². The number of ether oxygens (including phenoxy) is 3. The zero-order chi connectivity index (χ0) is 36.2. The van der Waals surface area contributed by atoms with E-state index in [1.54, 1.807) is 22.9 Å². The highest BCUT2D eigenvalue weighted by atomic mass is 35.5. The number of carbonyl (C=O) groups excluding carboxylic acids is 2. The highest BCUT2D eigenvalue weighted by Crippen LogP contribution is 2.59. The number of nitrogens with one attached hydrogen (secondary N) is 1. The van der Waals surface area contributed by atoms with Crippen LogP contribution in [-0.4, -0.2) is 93.1 Å². The van der Waals surface area contributed by atoms with Crippen molar-refractivity contribution in [2.75, 3.05) is 26.3 Å². The lowest BCUT2D eigenvalue weighted by molar-refractivity contribution is -0.190. The van der Waals surface area contributed by atoms with Gasteiger partial charge in [-0.1, -0.05) is 17.7 Å². The summed E-state index contributed by atoms with van der Waals surface area (Å²) in [6.45, 7) is 15.8. The van der Waals surface area contributed by atoms with E-state index in [-0.39, 0.29) is 60.5 Å². The minimum Gasteiger partial charge on any atom is -0.477 e. The van der Waals surface area contributed by atoms with Gasteiger partial charge in [0, 0.05) is 36.5 Å². The van der Waals surface area contributed by atoms with E-state index in [9.17, 15) is 22.8 Å². The zero-order valence-electron chi connectivity index (χ0n) is 28.5. The number of allylic oxidation sites excluding steroid dienone is 1. The van der Waals surface area contributed by atoms with Crippen molar-refractivity contribution in [1.29, 1.82) is 0 Å². The van der Waals surface area contributed by atoms with Gasteiger partial charge in [-0.3, -0.25) is 14.5 Å². The molecule has 4 rings (SSSR count). The van der Waals surface area contributed by atoms with Crippen molar-refractivity contribution < 1.29 is 37.0 Å². The molecule has 12 nitrogen and oxygen atoms in total. The Hall–Kier alpha value is -3.50. The molecule has 1 aliphatic carbocycles. The lowest BCUT2D eigenvalue weighted by Crippen LogP contribution is -2.45. The van der Waals surface area contributed by atoms with Gasteiger partial charge < -0.3 is 19.1 Å². The summed E-state index contributed by atoms with van der Waals surface area (Å²) in [6.07, 6.45) is -0.774. The fraction of sp³-hybridized carbons (Fsp3) is 0.594. The maximum absolute atomic E-state index is 13.2. The maximum atomic E-state index is 13.2. The summed E-state index contributed by atoms with van der Waals surface area (Å²) < 4.78 is 60.6. The highest BCUT2D eigenvalue weighted by Gasteiger charge is 2.62. The number of nitrogens with zero attached hydrogens (tertiary/aromatic N) is 6. The van der Waals surface area contributed by atoms with Gasteiger partial charge in [0.15, 0.2) is 5.82 Å². The van der Waals surface area contributed by atoms with Gasteiger partial charge in [0.1, 0.15) is 15.8 Å². The molecular weight excluding hydrogens is 687 g/mol. The van der Waals surface area contributed by atoms with Crippen LogP contribution in [0.2, 0.25) is 5.15 Å². The molecule has 270 valence electrons. The van der Waals surface area contributed by atoms with E-state index in [4.69, 9.17) is 25.8 Å². The number of alkyl halides is 3. The molecular formula is C32H43ClF3N7O5S. The van der Waals surface area contributed by atoms with Crippen LogP contribution < -0.4 is 9.46 Å². The second-order valence-corrected chi connectivity index (χ2v) is 14.7. The number of halogens is 4. The summed E-state index contributed by atoms with van der Waals surface area (Å²) in [6, 6.07) is 4.53. The van der Waals surface area contributed by atoms with Crippen LogP contribution in [0.3, 0.4) is 0 Å². The summed E-state index contributed by atoms with van der Waals surface area (Å²) in [7, 11) is 0. The van der Waals surface area contributed by atoms with Gasteiger partial charge in [-0.25, -0.2) is 14.5 Å². The third-order valence-corrected chi connectivity index (χ3v) is 9.43. The molecule has 0 radical (unpaired) electrons. The van der Waals surface area contributed by atoms with Crippen LogP contribution in [0.5, 0.6) is 5.88 Å². The Morgan fingerprint density at radius 2 is 1.94 bits per heavy atom. The Kier molecular flexibility index (Phi) is 11.9. The largest absolute Gasteiger partial charge is 0.477 e. The van der Waals surface area contributed by atoms with Crippen LogP contribution in [0.4, 0.5) is 18.0 Å². The van der Waals surface area contributed by atoms with E-state index in [1.807, 2.05) is 34.6 Å². The number of aromatic nitrogens is 3. The number of pyridine rings is 1. The lowest BCUT2D eigenvalue weighted by atomic mass is 10.0. The van der Waals surface area contributed by atoms with Gasteiger partial charge in [0.2, 0.25) is 5.88 Å². The van der Waals surface area contributed by atoms with Crippen molar-refractivity contribution in [3.05, 3.63) is 46.2 Å². The smallest absolute Gasteiger partial charge is 0.410 e. The van der Waals surface area contributed by atoms with Gasteiger partial charge in [-0.2, -0.15) is 18.3 Å². The third kappa shape index (κ3) is 9.81. The Morgan fingerprint density at radius 3 is 2.53 bits per heavy atom. The number of hydrazone groups is 1. The number of carbonyl (C=O) groups is 2. The molecule has 2 aromatic heterocycles. The van der Waals surface area contributed by atoms with Gasteiger partial charge in [-0.05, 0) is 79.4 Å². The predicted octanol–water partition coefficient (Wildman–Crippen LogP) is 6.99. The number of likely N-dealkylation sites (tertiary alicyclic amines) is 1. The number of rotatable bonds is 14. The molecule has 0 spiro atoms. The lowest BCUT2D eigenvalue weighted by Gasteiger charge is -2.33. The molecule has 1 saturated heterocycles. The van der Waals surface area contributed by atoms with Crippen molar-refractivity contribution in [2.24, 2.45) is 10.5 Å². The Bertz CT molecular complexity index is 1540. The Morgan fingerprint density at radius 1 is 1.22 bits per heavy atom. The highest BCUT2D eigenvalue weighted by molar-refractivity contribution is 8.01. The molecule has 1 unspecified atom stereocenters. The first kappa shape index (κ1) is 38.3. The first-order valence-electron chi connectivity index (χ1n) is 15.8. The van der Waals surface area contributed by atoms with E-state index < -0.39 is 28.6 Å². The van der Waals surface area contributed by atoms with Gasteiger partial charge in [0.25, 0.3) is 5.91 Å². The fourth-order valence-electron chi connectivity index (χ4n) is 5.31. The summed E-state index contributed by atoms with van der Waals surface area (Å²) >= 11 is 7.37. The summed E-state index contributed by atoms with van der Waals surface area (Å²) in [5.41, 5.74) is -2.57. The summed E-state index contributed by atoms with van der Waals surface area (Å²) in [4.78, 5) is 31.7. The molecule has 1 atom stereocenters. The predicted molar refractivity (Wildman–Crippen MR) is 181 cm³/mol. The Labute approximate surface area is 293 Å². The molecule has 1 N–H and O–H groups in total. The van der Waals surface area contributed by atoms with Crippen molar-refractivity contribution in [1.82, 2.24) is 29.4 Å². The number of amides is 2. The van der Waals surface area contributed by atoms with Crippen LogP contribution >= 0.6 is 23.5 Å². The zero-order valence-corrected chi connectivity index (χ0v) is 30.0. The SMILES string of the molecule is C=NN(CCOC1CN(C(=O)OC(C)(C)C)C(C)(C)C1)/C(=C\C)SNC(=O)c1ccc(-n2ccc(OCCC3(C(F)(F)F)CC3)n2)nc1Cl. The Balaban J connectivity index is 1.25. The normalized spacial score (nSPS) is 18.6. The average Bonchev–Trinajstić information content (AvgIpc) is 3.55. The van der Waals surface area contributed by atoms with Gasteiger partial charge in [0.05, 0.1) is 43.4 Å². The van der Waals surface area contributed by atoms with E-state index in [0.29, 0.717) is 31.1 Å². The first-order valence-corrected chi connectivity index (χ1v) is 17.0. The van der Waals surface area contributed by atoms with Crippen LogP contribution in [0.15, 0.2) is 40.6 Å². The van der Waals surface area contributed by atoms with Gasteiger partial charge >= 0.3 is 12.3 Å². The van der Waals surface area contributed by atoms with Crippen molar-refractivity contribution in [3.8, 4) is 11.7 Å². The molecule has 2 aliphatic rings. The standard InChI is InChI=1S/C32H43ClF3N7O5S/c1-8-25(43(37-7)16-18-46-21-19-30(5,6)41(20-21)28(45)48-29(2,3)4)49-40-27(44)22-9-10-23(38-26(22)33)42-15-11-24(39-42)47-17-14-31(12-13-31)32(34,35)36/h8-11,15,21H,7,12-14,16-20H2,1-6H3,(H,40,44)/b25-8+. The second-order valence-electron chi connectivity index (χ2n) is 13.5. The van der Waals surface area contributed by atoms with E-state index in [0.717, 1.165) is 11.9 Å². The van der Waals surface area contributed by atoms with Crippen molar-refractivity contribution >= 4 is 42.3 Å². The van der Waals surface area contributed by atoms with Crippen LogP contribution in [0, 0.1) is 5.41 Å². The van der Waals surface area contributed by atoms with E-state index >= 15 is 0 Å². The maximum Gasteiger partial charge on any atom is 0.410 e. The second kappa shape index (κ2) is 15.2. The van der Waals surface area contributed by atoms with Crippen LogP contribution in [0.1, 0.15) is 77.6 Å². The molecule has 1 saturated carbocycles. The average molecular weight is 730 g/mol. The van der Waals surface area contributed by atoms with Crippen molar-refractivity contribution in [3.63, 3.8) is 0 Å². The molecule has 17 heteroatoms. The molecule has 2 fully saturated rings. The van der Waals surface area contributed by atoms with E-state index in [2.05, 4.69) is 26.6 Å². The molecule has 0 aromatic carbocycles. The molecule has 3 heterocycles. The topological polar surface area (TPSA) is 123 Å². The fourth-order valence-corrected chi connectivity index (χ4v) is 6.23. The number of hydrogen-bond donors (Lipinski definition) is 1. The first-order chi connectivity index (χ1) is 22.9. The van der Waals surface area contributed by atoms with Crippen LogP contribution in [-0.2, 0) is 9.47 Å². The number of hydrogen-bond acceptors (Lipinski definition) is 10. The van der Waals surface area contributed by atoms with E-state index in [1.165, 1.54) is 29.1 Å². The minimum atomic E-state index is -4.24. The molecule has 2 amide bonds. The van der Waals surface area contributed by atoms with Gasteiger partial charge in [-0.15, -0.1) is 5.10 Å². The molecule has 1 aliphatic heterocycles. The quantitative estimate of drug-likeness (QED) is 0.0949. The molecule has 2 aromatic rings. The third-order valence-electron chi connectivity index (χ3n) is 8.20. The summed E-state index contributed by atoms with van der Waals surface area (Å²) in [5, 5.41) is 10.4. The molecule has 49 heavy (non-hydrogen) atoms. The minimum absolute atomic E-state index is 0.0801. The monoisotopic (exact) mass is 729 g/mol. The summed E-state index contributed by atoms with van der Waals surface area (Å²) in [5.74, 6) is -0.0741. The van der Waals surface area contributed by atoms with Crippen molar-refractivity contribution in [2.45, 2.75) is 90.6 Å².